The topological polar surface area (TPSA) is 59.3 Å². The molecule has 0 amide bonds. The number of esters is 1. The van der Waals surface area contributed by atoms with Crippen LogP contribution < -0.4 is 4.74 Å². The highest BCUT2D eigenvalue weighted by Gasteiger charge is 2.15. The maximum Gasteiger partial charge on any atom is 0.338 e. The van der Waals surface area contributed by atoms with Gasteiger partial charge < -0.3 is 9.47 Å². The lowest BCUT2D eigenvalue weighted by Gasteiger charge is -2.09. The van der Waals surface area contributed by atoms with Gasteiger partial charge in [0.25, 0.3) is 0 Å². The molecular weight excluding hydrogens is 194 g/mol. The molecule has 0 saturated carbocycles. The third kappa shape index (κ3) is 2.26. The van der Waals surface area contributed by atoms with E-state index in [2.05, 4.69) is 4.74 Å². The van der Waals surface area contributed by atoms with Crippen LogP contribution in [0.1, 0.15) is 15.9 Å². The smallest absolute Gasteiger partial charge is 0.338 e. The first-order valence-electron chi connectivity index (χ1n) is 4.35. The fourth-order valence-corrected chi connectivity index (χ4v) is 1.32. The number of benzene rings is 1. The zero-order valence-electron chi connectivity index (χ0n) is 8.61. The van der Waals surface area contributed by atoms with Gasteiger partial charge in [-0.05, 0) is 12.1 Å². The average molecular weight is 205 g/mol. The first-order chi connectivity index (χ1) is 7.24. The lowest BCUT2D eigenvalue weighted by molar-refractivity contribution is 0.0599. The maximum absolute atomic E-state index is 11.4. The van der Waals surface area contributed by atoms with Crippen molar-refractivity contribution < 1.29 is 14.3 Å². The molecule has 0 aromatic heterocycles. The van der Waals surface area contributed by atoms with Crippen LogP contribution in [-0.4, -0.2) is 20.2 Å². The van der Waals surface area contributed by atoms with Gasteiger partial charge in [0.05, 0.1) is 32.3 Å². The second-order valence-corrected chi connectivity index (χ2v) is 2.81. The molecule has 0 heterocycles. The summed E-state index contributed by atoms with van der Waals surface area (Å²) in [5, 5.41) is 8.66. The maximum atomic E-state index is 11.4. The highest BCUT2D eigenvalue weighted by molar-refractivity contribution is 5.91. The largest absolute Gasteiger partial charge is 0.496 e. The van der Waals surface area contributed by atoms with E-state index in [1.54, 1.807) is 18.2 Å². The number of rotatable bonds is 3. The van der Waals surface area contributed by atoms with Gasteiger partial charge in [-0.1, -0.05) is 6.07 Å². The Morgan fingerprint density at radius 1 is 1.47 bits per heavy atom. The molecule has 1 aromatic rings. The monoisotopic (exact) mass is 205 g/mol. The van der Waals surface area contributed by atoms with Gasteiger partial charge in [0.1, 0.15) is 5.75 Å². The molecule has 0 fully saturated rings. The molecule has 0 N–H and O–H groups in total. The van der Waals surface area contributed by atoms with E-state index >= 15 is 0 Å². The summed E-state index contributed by atoms with van der Waals surface area (Å²) in [4.78, 5) is 11.4. The van der Waals surface area contributed by atoms with E-state index in [-0.39, 0.29) is 6.42 Å². The third-order valence-electron chi connectivity index (χ3n) is 2.01. The Balaban J connectivity index is 3.26. The second-order valence-electron chi connectivity index (χ2n) is 2.81. The predicted molar refractivity (Wildman–Crippen MR) is 53.7 cm³/mol. The van der Waals surface area contributed by atoms with E-state index < -0.39 is 5.97 Å². The zero-order valence-corrected chi connectivity index (χ0v) is 8.61. The summed E-state index contributed by atoms with van der Waals surface area (Å²) in [6, 6.07) is 7.00. The molecule has 0 aliphatic heterocycles. The van der Waals surface area contributed by atoms with E-state index in [0.717, 1.165) is 0 Å². The second kappa shape index (κ2) is 5.01. The van der Waals surface area contributed by atoms with Gasteiger partial charge in [-0.3, -0.25) is 0 Å². The van der Waals surface area contributed by atoms with Gasteiger partial charge in [0.15, 0.2) is 0 Å². The SMILES string of the molecule is COC(=O)c1cccc(OC)c1CC#N. The van der Waals surface area contributed by atoms with Crippen molar-refractivity contribution in [2.75, 3.05) is 14.2 Å². The van der Waals surface area contributed by atoms with E-state index in [1.165, 1.54) is 14.2 Å². The van der Waals surface area contributed by atoms with Crippen LogP contribution in [0.5, 0.6) is 5.75 Å². The Kier molecular flexibility index (Phi) is 3.69. The zero-order chi connectivity index (χ0) is 11.3. The minimum absolute atomic E-state index is 0.119. The summed E-state index contributed by atoms with van der Waals surface area (Å²) in [6.45, 7) is 0. The van der Waals surface area contributed by atoms with Crippen LogP contribution in [0.3, 0.4) is 0 Å². The molecule has 0 aliphatic carbocycles. The molecule has 0 bridgehead atoms. The molecule has 0 spiro atoms. The van der Waals surface area contributed by atoms with Gasteiger partial charge in [-0.2, -0.15) is 5.26 Å². The van der Waals surface area contributed by atoms with E-state index in [1.807, 2.05) is 6.07 Å². The normalized spacial score (nSPS) is 9.13. The first-order valence-corrected chi connectivity index (χ1v) is 4.35. The van der Waals surface area contributed by atoms with Crippen LogP contribution in [0, 0.1) is 11.3 Å². The lowest BCUT2D eigenvalue weighted by Crippen LogP contribution is -2.06. The number of hydrogen-bond donors (Lipinski definition) is 0. The van der Waals surface area contributed by atoms with Crippen molar-refractivity contribution in [2.24, 2.45) is 0 Å². The van der Waals surface area contributed by atoms with Crippen molar-refractivity contribution in [3.63, 3.8) is 0 Å². The molecule has 15 heavy (non-hydrogen) atoms. The molecule has 0 atom stereocenters. The number of ether oxygens (including phenoxy) is 2. The summed E-state index contributed by atoms with van der Waals surface area (Å²) in [6.07, 6.45) is 0.119. The molecule has 1 rings (SSSR count). The summed E-state index contributed by atoms with van der Waals surface area (Å²) in [7, 11) is 2.80. The molecule has 78 valence electrons. The molecular formula is C11H11NO3. The Labute approximate surface area is 88.0 Å². The van der Waals surface area contributed by atoms with Crippen molar-refractivity contribution in [3.05, 3.63) is 29.3 Å². The van der Waals surface area contributed by atoms with E-state index in [0.29, 0.717) is 16.9 Å². The van der Waals surface area contributed by atoms with Crippen molar-refractivity contribution in [2.45, 2.75) is 6.42 Å². The van der Waals surface area contributed by atoms with Crippen LogP contribution in [0.15, 0.2) is 18.2 Å². The number of carbonyl (C=O) groups excluding carboxylic acids is 1. The molecule has 4 nitrogen and oxygen atoms in total. The molecule has 1 aromatic carbocycles. The Morgan fingerprint density at radius 2 is 2.20 bits per heavy atom. The molecule has 0 saturated heterocycles. The fourth-order valence-electron chi connectivity index (χ4n) is 1.32. The summed E-state index contributed by atoms with van der Waals surface area (Å²) < 4.78 is 9.69. The number of methoxy groups -OCH3 is 2. The van der Waals surface area contributed by atoms with Crippen molar-refractivity contribution in [3.8, 4) is 11.8 Å². The van der Waals surface area contributed by atoms with Crippen LogP contribution in [0.25, 0.3) is 0 Å². The lowest BCUT2D eigenvalue weighted by atomic mass is 10.0. The Hall–Kier alpha value is -2.02. The highest BCUT2D eigenvalue weighted by Crippen LogP contribution is 2.23. The van der Waals surface area contributed by atoms with Gasteiger partial charge >= 0.3 is 5.97 Å². The summed E-state index contributed by atoms with van der Waals surface area (Å²) in [5.41, 5.74) is 0.938. The fraction of sp³-hybridized carbons (Fsp3) is 0.273. The van der Waals surface area contributed by atoms with Crippen molar-refractivity contribution in [1.29, 1.82) is 5.26 Å². The van der Waals surface area contributed by atoms with Gasteiger partial charge in [-0.15, -0.1) is 0 Å². The average Bonchev–Trinajstić information content (AvgIpc) is 2.28. The number of carbonyl (C=O) groups is 1. The van der Waals surface area contributed by atoms with Gasteiger partial charge in [-0.25, -0.2) is 4.79 Å². The molecule has 0 unspecified atom stereocenters. The van der Waals surface area contributed by atoms with Crippen LogP contribution in [0.2, 0.25) is 0 Å². The number of nitriles is 1. The van der Waals surface area contributed by atoms with E-state index in [9.17, 15) is 4.79 Å². The number of hydrogen-bond acceptors (Lipinski definition) is 4. The number of nitrogens with zero attached hydrogens (tertiary/aromatic N) is 1. The molecule has 0 radical (unpaired) electrons. The van der Waals surface area contributed by atoms with E-state index in [4.69, 9.17) is 10.00 Å². The standard InChI is InChI=1S/C11H11NO3/c1-14-10-5-3-4-9(11(13)15-2)8(10)6-7-12/h3-5H,6H2,1-2H3. The Bertz CT molecular complexity index is 407. The van der Waals surface area contributed by atoms with Gasteiger partial charge in [0, 0.05) is 5.56 Å². The predicted octanol–water partition coefficient (Wildman–Crippen LogP) is 1.55. The first kappa shape index (κ1) is 11.1. The van der Waals surface area contributed by atoms with Crippen molar-refractivity contribution >= 4 is 5.97 Å². The van der Waals surface area contributed by atoms with Gasteiger partial charge in [0.2, 0.25) is 0 Å². The molecule has 0 aliphatic rings. The van der Waals surface area contributed by atoms with Crippen LogP contribution in [0.4, 0.5) is 0 Å². The summed E-state index contributed by atoms with van der Waals surface area (Å²) in [5.74, 6) is 0.0681. The minimum Gasteiger partial charge on any atom is -0.496 e. The third-order valence-corrected chi connectivity index (χ3v) is 2.01. The quantitative estimate of drug-likeness (QED) is 0.702. The minimum atomic E-state index is -0.459. The highest BCUT2D eigenvalue weighted by atomic mass is 16.5. The van der Waals surface area contributed by atoms with Crippen LogP contribution >= 0.6 is 0 Å². The van der Waals surface area contributed by atoms with Crippen LogP contribution in [-0.2, 0) is 11.2 Å². The van der Waals surface area contributed by atoms with Crippen molar-refractivity contribution in [1.82, 2.24) is 0 Å². The Morgan fingerprint density at radius 3 is 2.73 bits per heavy atom. The summed E-state index contributed by atoms with van der Waals surface area (Å²) >= 11 is 0. The molecule has 4 heteroatoms.